The van der Waals surface area contributed by atoms with Crippen LogP contribution >= 0.6 is 11.6 Å². The summed E-state index contributed by atoms with van der Waals surface area (Å²) in [6.07, 6.45) is 0.669. The number of aromatic hydroxyl groups is 1. The van der Waals surface area contributed by atoms with Gasteiger partial charge >= 0.3 is 0 Å². The molecule has 3 N–H and O–H groups in total. The summed E-state index contributed by atoms with van der Waals surface area (Å²) >= 11 is 5.95. The first-order valence-electron chi connectivity index (χ1n) is 7.80. The van der Waals surface area contributed by atoms with Crippen LogP contribution in [-0.2, 0) is 13.1 Å². The van der Waals surface area contributed by atoms with Gasteiger partial charge < -0.3 is 15.5 Å². The monoisotopic (exact) mass is 332 g/mol. The van der Waals surface area contributed by atoms with E-state index in [1.165, 1.54) is 11.6 Å². The number of nitrogens with one attached hydrogen (secondary N) is 1. The van der Waals surface area contributed by atoms with Crippen molar-refractivity contribution in [3.8, 4) is 5.75 Å². The SMILES string of the molecule is Oc1cc(Cl)cc(CNc2cccc(CN3CCC(O)C3)c2)c1. The van der Waals surface area contributed by atoms with Crippen LogP contribution in [0.2, 0.25) is 5.02 Å². The van der Waals surface area contributed by atoms with Crippen LogP contribution < -0.4 is 5.32 Å². The number of likely N-dealkylation sites (tertiary alicyclic amines) is 1. The topological polar surface area (TPSA) is 55.7 Å². The van der Waals surface area contributed by atoms with Gasteiger partial charge in [0.25, 0.3) is 0 Å². The van der Waals surface area contributed by atoms with E-state index in [9.17, 15) is 10.2 Å². The van der Waals surface area contributed by atoms with Crippen LogP contribution in [0, 0.1) is 0 Å². The van der Waals surface area contributed by atoms with Gasteiger partial charge in [-0.15, -0.1) is 0 Å². The minimum Gasteiger partial charge on any atom is -0.508 e. The van der Waals surface area contributed by atoms with E-state index in [0.717, 1.165) is 37.3 Å². The molecule has 0 saturated carbocycles. The Morgan fingerprint density at radius 2 is 2.04 bits per heavy atom. The van der Waals surface area contributed by atoms with Crippen molar-refractivity contribution < 1.29 is 10.2 Å². The van der Waals surface area contributed by atoms with Crippen LogP contribution in [0.5, 0.6) is 5.75 Å². The van der Waals surface area contributed by atoms with E-state index in [-0.39, 0.29) is 11.9 Å². The Hall–Kier alpha value is -1.75. The highest BCUT2D eigenvalue weighted by Crippen LogP contribution is 2.21. The molecule has 122 valence electrons. The number of hydrogen-bond acceptors (Lipinski definition) is 4. The molecule has 0 radical (unpaired) electrons. The third-order valence-electron chi connectivity index (χ3n) is 4.02. The summed E-state index contributed by atoms with van der Waals surface area (Å²) in [5.74, 6) is 0.177. The van der Waals surface area contributed by atoms with Crippen molar-refractivity contribution in [2.24, 2.45) is 0 Å². The Morgan fingerprint density at radius 3 is 2.78 bits per heavy atom. The molecule has 5 heteroatoms. The molecule has 1 unspecified atom stereocenters. The molecule has 0 aliphatic carbocycles. The summed E-state index contributed by atoms with van der Waals surface area (Å²) in [6, 6.07) is 13.3. The van der Waals surface area contributed by atoms with Crippen LogP contribution in [0.4, 0.5) is 5.69 Å². The van der Waals surface area contributed by atoms with Crippen molar-refractivity contribution in [1.29, 1.82) is 0 Å². The second-order valence-electron chi connectivity index (χ2n) is 6.05. The molecule has 23 heavy (non-hydrogen) atoms. The molecule has 1 aliphatic rings. The summed E-state index contributed by atoms with van der Waals surface area (Å²) < 4.78 is 0. The van der Waals surface area contributed by atoms with Gasteiger partial charge in [-0.1, -0.05) is 23.7 Å². The molecule has 0 aromatic heterocycles. The zero-order valence-corrected chi connectivity index (χ0v) is 13.6. The molecule has 1 saturated heterocycles. The first-order chi connectivity index (χ1) is 11.1. The number of aliphatic hydroxyl groups excluding tert-OH is 1. The number of aliphatic hydroxyl groups is 1. The molecule has 0 spiro atoms. The maximum absolute atomic E-state index is 9.60. The lowest BCUT2D eigenvalue weighted by Crippen LogP contribution is -2.21. The Bertz CT molecular complexity index is 658. The molecule has 3 rings (SSSR count). The highest BCUT2D eigenvalue weighted by molar-refractivity contribution is 6.30. The molecule has 2 aromatic carbocycles. The average Bonchev–Trinajstić information content (AvgIpc) is 2.90. The lowest BCUT2D eigenvalue weighted by atomic mass is 10.1. The van der Waals surface area contributed by atoms with Gasteiger partial charge in [0.15, 0.2) is 0 Å². The van der Waals surface area contributed by atoms with Gasteiger partial charge in [-0.05, 0) is 47.9 Å². The zero-order chi connectivity index (χ0) is 16.2. The molecular formula is C18H21ClN2O2. The maximum atomic E-state index is 9.60. The third kappa shape index (κ3) is 4.61. The van der Waals surface area contributed by atoms with Gasteiger partial charge in [0.2, 0.25) is 0 Å². The number of nitrogens with zero attached hydrogens (tertiary/aromatic N) is 1. The fraction of sp³-hybridized carbons (Fsp3) is 0.333. The van der Waals surface area contributed by atoms with E-state index in [0.29, 0.717) is 11.6 Å². The summed E-state index contributed by atoms with van der Waals surface area (Å²) in [7, 11) is 0. The maximum Gasteiger partial charge on any atom is 0.117 e. The second-order valence-corrected chi connectivity index (χ2v) is 6.49. The minimum absolute atomic E-state index is 0.177. The number of anilines is 1. The summed E-state index contributed by atoms with van der Waals surface area (Å²) in [5.41, 5.74) is 3.18. The lowest BCUT2D eigenvalue weighted by Gasteiger charge is -2.16. The lowest BCUT2D eigenvalue weighted by molar-refractivity contribution is 0.175. The quantitative estimate of drug-likeness (QED) is 0.787. The van der Waals surface area contributed by atoms with Crippen molar-refractivity contribution >= 4 is 17.3 Å². The molecule has 0 bridgehead atoms. The highest BCUT2D eigenvalue weighted by atomic mass is 35.5. The third-order valence-corrected chi connectivity index (χ3v) is 4.24. The number of phenolic OH excluding ortho intramolecular Hbond substituents is 1. The van der Waals surface area contributed by atoms with E-state index in [1.54, 1.807) is 6.07 Å². The molecule has 1 heterocycles. The number of β-amino-alcohol motifs (C(OH)–C–C–N with tert-alkyl or cyclic N) is 1. The largest absolute Gasteiger partial charge is 0.508 e. The van der Waals surface area contributed by atoms with E-state index in [2.05, 4.69) is 22.3 Å². The summed E-state index contributed by atoms with van der Waals surface area (Å²) in [6.45, 7) is 3.14. The Labute approximate surface area is 141 Å². The van der Waals surface area contributed by atoms with Crippen LogP contribution in [0.1, 0.15) is 17.5 Å². The standard InChI is InChI=1S/C18H21ClN2O2/c19-15-6-14(8-18(23)9-15)10-20-16-3-1-2-13(7-16)11-21-5-4-17(22)12-21/h1-3,6-9,17,20,22-23H,4-5,10-12H2. The van der Waals surface area contributed by atoms with E-state index in [1.807, 2.05) is 18.2 Å². The second kappa shape index (κ2) is 7.21. The Balaban J connectivity index is 1.61. The van der Waals surface area contributed by atoms with Crippen LogP contribution in [0.3, 0.4) is 0 Å². The van der Waals surface area contributed by atoms with Gasteiger partial charge in [0.05, 0.1) is 6.10 Å². The predicted molar refractivity (Wildman–Crippen MR) is 92.8 cm³/mol. The van der Waals surface area contributed by atoms with Crippen molar-refractivity contribution in [1.82, 2.24) is 4.90 Å². The van der Waals surface area contributed by atoms with Crippen molar-refractivity contribution in [2.45, 2.75) is 25.6 Å². The molecular weight excluding hydrogens is 312 g/mol. The van der Waals surface area contributed by atoms with Crippen molar-refractivity contribution in [3.63, 3.8) is 0 Å². The first kappa shape index (κ1) is 16.1. The van der Waals surface area contributed by atoms with Gasteiger partial charge in [-0.3, -0.25) is 4.90 Å². The van der Waals surface area contributed by atoms with Crippen LogP contribution in [0.25, 0.3) is 0 Å². The molecule has 4 nitrogen and oxygen atoms in total. The van der Waals surface area contributed by atoms with Crippen molar-refractivity contribution in [2.75, 3.05) is 18.4 Å². The molecule has 1 atom stereocenters. The first-order valence-corrected chi connectivity index (χ1v) is 8.18. The van der Waals surface area contributed by atoms with Gasteiger partial charge in [0.1, 0.15) is 5.75 Å². The van der Waals surface area contributed by atoms with Gasteiger partial charge in [0, 0.05) is 36.9 Å². The normalized spacial score (nSPS) is 18.3. The predicted octanol–water partition coefficient (Wildman–Crippen LogP) is 3.22. The molecule has 1 aliphatic heterocycles. The molecule has 0 amide bonds. The number of phenols is 1. The van der Waals surface area contributed by atoms with E-state index < -0.39 is 0 Å². The average molecular weight is 333 g/mol. The molecule has 2 aromatic rings. The summed E-state index contributed by atoms with van der Waals surface area (Å²) in [4.78, 5) is 2.26. The van der Waals surface area contributed by atoms with Crippen LogP contribution in [-0.4, -0.2) is 34.3 Å². The van der Waals surface area contributed by atoms with E-state index >= 15 is 0 Å². The van der Waals surface area contributed by atoms with Crippen LogP contribution in [0.15, 0.2) is 42.5 Å². The smallest absolute Gasteiger partial charge is 0.117 e. The van der Waals surface area contributed by atoms with Gasteiger partial charge in [-0.2, -0.15) is 0 Å². The van der Waals surface area contributed by atoms with Gasteiger partial charge in [-0.25, -0.2) is 0 Å². The number of halogens is 1. The number of rotatable bonds is 5. The fourth-order valence-electron chi connectivity index (χ4n) is 2.93. The Kier molecular flexibility index (Phi) is 5.06. The summed E-state index contributed by atoms with van der Waals surface area (Å²) in [5, 5.41) is 23.1. The van der Waals surface area contributed by atoms with Crippen molar-refractivity contribution in [3.05, 3.63) is 58.6 Å². The Morgan fingerprint density at radius 1 is 1.17 bits per heavy atom. The number of hydrogen-bond donors (Lipinski definition) is 3. The minimum atomic E-state index is -0.188. The number of benzene rings is 2. The van der Waals surface area contributed by atoms with E-state index in [4.69, 9.17) is 11.6 Å². The fourth-order valence-corrected chi connectivity index (χ4v) is 3.19. The molecule has 1 fully saturated rings. The zero-order valence-electron chi connectivity index (χ0n) is 12.9. The highest BCUT2D eigenvalue weighted by Gasteiger charge is 2.19.